The van der Waals surface area contributed by atoms with Crippen LogP contribution < -0.4 is 0 Å². The van der Waals surface area contributed by atoms with Gasteiger partial charge in [0, 0.05) is 26.9 Å². The first-order chi connectivity index (χ1) is 15.6. The minimum atomic E-state index is 0.181. The van der Waals surface area contributed by atoms with Gasteiger partial charge in [0.05, 0.1) is 12.9 Å². The van der Waals surface area contributed by atoms with E-state index in [0.29, 0.717) is 5.41 Å². The quantitative estimate of drug-likeness (QED) is 0.399. The van der Waals surface area contributed by atoms with Crippen LogP contribution in [0, 0.1) is 16.7 Å². The Morgan fingerprint density at radius 2 is 1.64 bits per heavy atom. The lowest BCUT2D eigenvalue weighted by molar-refractivity contribution is -0.128. The van der Waals surface area contributed by atoms with E-state index in [2.05, 4.69) is 40.7 Å². The molecule has 0 atom stereocenters. The van der Waals surface area contributed by atoms with Crippen LogP contribution in [-0.2, 0) is 14.3 Å². The molecular weight excluding hydrogens is 410 g/mol. The highest BCUT2D eigenvalue weighted by Gasteiger charge is 2.38. The fourth-order valence-electron chi connectivity index (χ4n) is 3.88. The summed E-state index contributed by atoms with van der Waals surface area (Å²) in [6.45, 7) is 19.9. The molecule has 0 aliphatic heterocycles. The Labute approximate surface area is 206 Å². The summed E-state index contributed by atoms with van der Waals surface area (Å²) in [4.78, 5) is 20.8. The summed E-state index contributed by atoms with van der Waals surface area (Å²) >= 11 is 0. The second-order valence-corrected chi connectivity index (χ2v) is 10.2. The second-order valence-electron chi connectivity index (χ2n) is 10.2. The van der Waals surface area contributed by atoms with Crippen molar-refractivity contribution in [1.82, 2.24) is 4.90 Å². The number of ether oxygens (including phenoxy) is 1. The highest BCUT2D eigenvalue weighted by molar-refractivity contribution is 5.72. The van der Waals surface area contributed by atoms with Gasteiger partial charge in [-0.1, -0.05) is 66.0 Å². The van der Waals surface area contributed by atoms with E-state index in [1.807, 2.05) is 38.7 Å². The number of rotatable bonds is 6. The molecule has 0 heterocycles. The van der Waals surface area contributed by atoms with Crippen molar-refractivity contribution in [2.24, 2.45) is 16.7 Å². The Kier molecular flexibility index (Phi) is 18.2. The van der Waals surface area contributed by atoms with Gasteiger partial charge in [-0.3, -0.25) is 4.79 Å². The van der Waals surface area contributed by atoms with E-state index in [-0.39, 0.29) is 5.91 Å². The average molecular weight is 466 g/mol. The monoisotopic (exact) mass is 465 g/mol. The lowest BCUT2D eigenvalue weighted by atomic mass is 9.61. The smallest absolute Gasteiger partial charge is 0.219 e. The molecular formula is C29H55NO3. The van der Waals surface area contributed by atoms with Crippen molar-refractivity contribution in [3.8, 4) is 0 Å². The summed E-state index contributed by atoms with van der Waals surface area (Å²) in [6, 6.07) is 0. The van der Waals surface area contributed by atoms with E-state index in [4.69, 9.17) is 9.53 Å². The number of methoxy groups -OCH3 is 1. The minimum Gasteiger partial charge on any atom is -0.501 e. The summed E-state index contributed by atoms with van der Waals surface area (Å²) in [7, 11) is 3.61. The summed E-state index contributed by atoms with van der Waals surface area (Å²) in [5.41, 5.74) is 2.75. The van der Waals surface area contributed by atoms with Gasteiger partial charge in [-0.25, -0.2) is 0 Å². The predicted molar refractivity (Wildman–Crippen MR) is 143 cm³/mol. The lowest BCUT2D eigenvalue weighted by Gasteiger charge is -2.46. The molecule has 0 unspecified atom stereocenters. The van der Waals surface area contributed by atoms with Crippen LogP contribution in [0.1, 0.15) is 113 Å². The highest BCUT2D eigenvalue weighted by atomic mass is 16.5. The summed E-state index contributed by atoms with van der Waals surface area (Å²) in [6.07, 6.45) is 15.9. The zero-order chi connectivity index (χ0) is 26.1. The maximum atomic E-state index is 11.0. The average Bonchev–Trinajstić information content (AvgIpc) is 3.57. The zero-order valence-corrected chi connectivity index (χ0v) is 23.7. The van der Waals surface area contributed by atoms with Crippen molar-refractivity contribution in [2.75, 3.05) is 20.7 Å². The molecule has 0 N–H and O–H groups in total. The third kappa shape index (κ3) is 15.0. The van der Waals surface area contributed by atoms with Crippen molar-refractivity contribution in [2.45, 2.75) is 113 Å². The number of amides is 1. The molecule has 194 valence electrons. The van der Waals surface area contributed by atoms with E-state index in [1.54, 1.807) is 14.0 Å². The molecule has 1 amide bonds. The fourth-order valence-corrected chi connectivity index (χ4v) is 3.88. The van der Waals surface area contributed by atoms with Crippen LogP contribution in [0.15, 0.2) is 23.5 Å². The molecule has 0 bridgehead atoms. The summed E-state index contributed by atoms with van der Waals surface area (Å²) < 4.78 is 5.06. The van der Waals surface area contributed by atoms with Crippen molar-refractivity contribution >= 4 is 12.7 Å². The highest BCUT2D eigenvalue weighted by Crippen LogP contribution is 2.49. The van der Waals surface area contributed by atoms with E-state index >= 15 is 0 Å². The van der Waals surface area contributed by atoms with Crippen LogP contribution in [0.25, 0.3) is 0 Å². The van der Waals surface area contributed by atoms with E-state index < -0.39 is 0 Å². The minimum absolute atomic E-state index is 0.181. The van der Waals surface area contributed by atoms with Gasteiger partial charge in [-0.15, -0.1) is 0 Å². The second kappa shape index (κ2) is 17.8. The van der Waals surface area contributed by atoms with Gasteiger partial charge in [-0.05, 0) is 68.3 Å². The lowest BCUT2D eigenvalue weighted by Crippen LogP contribution is -2.38. The Balaban J connectivity index is 0. The van der Waals surface area contributed by atoms with Crippen molar-refractivity contribution in [3.05, 3.63) is 23.5 Å². The molecule has 0 saturated heterocycles. The molecule has 0 radical (unpaired) electrons. The molecule has 4 heteroatoms. The largest absolute Gasteiger partial charge is 0.501 e. The van der Waals surface area contributed by atoms with Crippen molar-refractivity contribution in [1.29, 1.82) is 0 Å². The van der Waals surface area contributed by atoms with Crippen molar-refractivity contribution in [3.63, 3.8) is 0 Å². The molecule has 4 nitrogen and oxygen atoms in total. The fraction of sp³-hybridized carbons (Fsp3) is 0.793. The van der Waals surface area contributed by atoms with Gasteiger partial charge in [0.1, 0.15) is 6.79 Å². The number of carbonyl (C=O) groups excluding carboxylic acids is 2. The predicted octanol–water partition coefficient (Wildman–Crippen LogP) is 7.98. The number of carbonyl (C=O) groups is 2. The third-order valence-corrected chi connectivity index (χ3v) is 7.27. The van der Waals surface area contributed by atoms with Crippen LogP contribution in [0.2, 0.25) is 0 Å². The molecule has 3 aliphatic carbocycles. The maximum Gasteiger partial charge on any atom is 0.219 e. The van der Waals surface area contributed by atoms with Crippen LogP contribution >= 0.6 is 0 Å². The Morgan fingerprint density at radius 3 is 1.94 bits per heavy atom. The molecule has 0 aromatic carbocycles. The molecule has 0 spiro atoms. The number of allylic oxidation sites excluding steroid dienone is 4. The third-order valence-electron chi connectivity index (χ3n) is 7.27. The topological polar surface area (TPSA) is 46.6 Å². The zero-order valence-electron chi connectivity index (χ0n) is 23.7. The van der Waals surface area contributed by atoms with Crippen LogP contribution in [0.5, 0.6) is 0 Å². The van der Waals surface area contributed by atoms with Crippen molar-refractivity contribution < 1.29 is 14.3 Å². The maximum absolute atomic E-state index is 11.0. The standard InChI is InChI=1S/C12H23NO.C8H12O.C6H12.C2H6.CH2O/c1-5-11-8-12(3,9-11)6-7-13(4)10(2)14;1-7-3-5-8(9-2)6-4-7;1-3-6(2)4-5-6;2*1-2/h11H,5-9H2,1-4H3;3,5H,4,6H2,1-2H3;3-5H2,1-2H3;1-2H3;1H2. The van der Waals surface area contributed by atoms with Gasteiger partial charge in [-0.2, -0.15) is 0 Å². The molecule has 3 rings (SSSR count). The molecule has 3 aliphatic rings. The van der Waals surface area contributed by atoms with Crippen LogP contribution in [0.3, 0.4) is 0 Å². The van der Waals surface area contributed by atoms with Crippen LogP contribution in [-0.4, -0.2) is 38.3 Å². The van der Waals surface area contributed by atoms with Gasteiger partial charge >= 0.3 is 0 Å². The normalized spacial score (nSPS) is 23.4. The van der Waals surface area contributed by atoms with E-state index in [1.165, 1.54) is 50.5 Å². The van der Waals surface area contributed by atoms with E-state index in [0.717, 1.165) is 36.5 Å². The SMILES string of the molecule is C=O.CC.CCC1(C)CC1.CCC1CC(C)(CCN(C)C(C)=O)C1.COC1=CC=C(C)CC1. The van der Waals surface area contributed by atoms with E-state index in [9.17, 15) is 4.79 Å². The Hall–Kier alpha value is -1.58. The van der Waals surface area contributed by atoms with Gasteiger partial charge in [0.25, 0.3) is 0 Å². The first-order valence-electron chi connectivity index (χ1n) is 13.0. The first-order valence-corrected chi connectivity index (χ1v) is 13.0. The molecule has 33 heavy (non-hydrogen) atoms. The van der Waals surface area contributed by atoms with Gasteiger partial charge < -0.3 is 14.4 Å². The Morgan fingerprint density at radius 1 is 1.09 bits per heavy atom. The Bertz CT molecular complexity index is 584. The molecule has 0 aromatic rings. The number of hydrogen-bond acceptors (Lipinski definition) is 3. The number of nitrogens with zero attached hydrogens (tertiary/aromatic N) is 1. The molecule has 2 saturated carbocycles. The first kappa shape index (κ1) is 33.6. The summed E-state index contributed by atoms with van der Waals surface area (Å²) in [5, 5.41) is 0. The van der Waals surface area contributed by atoms with Gasteiger partial charge in [0.15, 0.2) is 0 Å². The number of hydrogen-bond donors (Lipinski definition) is 0. The van der Waals surface area contributed by atoms with Gasteiger partial charge in [0.2, 0.25) is 5.91 Å². The summed E-state index contributed by atoms with van der Waals surface area (Å²) in [5.74, 6) is 2.23. The molecule has 2 fully saturated rings. The van der Waals surface area contributed by atoms with Crippen LogP contribution in [0.4, 0.5) is 0 Å². The molecule has 0 aromatic heterocycles.